The zero-order chi connectivity index (χ0) is 14.1. The van der Waals surface area contributed by atoms with Crippen LogP contribution in [-0.2, 0) is 11.3 Å². The summed E-state index contributed by atoms with van der Waals surface area (Å²) in [6.07, 6.45) is 1.72. The van der Waals surface area contributed by atoms with Crippen molar-refractivity contribution in [2.75, 3.05) is 0 Å². The van der Waals surface area contributed by atoms with E-state index in [0.29, 0.717) is 5.82 Å². The predicted molar refractivity (Wildman–Crippen MR) is 75.3 cm³/mol. The van der Waals surface area contributed by atoms with Crippen LogP contribution in [0, 0.1) is 6.92 Å². The monoisotopic (exact) mass is 267 g/mol. The molecule has 0 saturated carbocycles. The summed E-state index contributed by atoms with van der Waals surface area (Å²) in [7, 11) is 0. The molecule has 0 bridgehead atoms. The summed E-state index contributed by atoms with van der Waals surface area (Å²) in [6, 6.07) is 11.3. The van der Waals surface area contributed by atoms with E-state index in [1.54, 1.807) is 10.8 Å². The number of aliphatic carboxylic acids is 1. The van der Waals surface area contributed by atoms with E-state index in [0.717, 1.165) is 22.3 Å². The van der Waals surface area contributed by atoms with Gasteiger partial charge < -0.3 is 9.67 Å². The van der Waals surface area contributed by atoms with Gasteiger partial charge in [-0.3, -0.25) is 9.78 Å². The third-order valence-electron chi connectivity index (χ3n) is 3.12. The molecular weight excluding hydrogens is 254 g/mol. The van der Waals surface area contributed by atoms with E-state index < -0.39 is 5.97 Å². The van der Waals surface area contributed by atoms with Crippen LogP contribution >= 0.6 is 0 Å². The standard InChI is InChI=1S/C15H13N3O2/c1-10-6-7-11(8-16-10)15-17-12-4-2-3-5-13(12)18(15)9-14(19)20/h2-8H,9H2,1H3,(H,19,20). The van der Waals surface area contributed by atoms with Gasteiger partial charge in [0.05, 0.1) is 11.0 Å². The topological polar surface area (TPSA) is 68.0 Å². The Morgan fingerprint density at radius 1 is 1.25 bits per heavy atom. The van der Waals surface area contributed by atoms with E-state index in [2.05, 4.69) is 9.97 Å². The maximum atomic E-state index is 11.1. The van der Waals surface area contributed by atoms with Gasteiger partial charge in [0.25, 0.3) is 0 Å². The Bertz CT molecular complexity index is 775. The fourth-order valence-electron chi connectivity index (χ4n) is 2.19. The van der Waals surface area contributed by atoms with Crippen molar-refractivity contribution in [3.8, 4) is 11.4 Å². The highest BCUT2D eigenvalue weighted by molar-refractivity contribution is 5.82. The number of fused-ring (bicyclic) bond motifs is 1. The predicted octanol–water partition coefficient (Wildman–Crippen LogP) is 2.49. The molecule has 2 heterocycles. The number of benzene rings is 1. The number of pyridine rings is 1. The van der Waals surface area contributed by atoms with Crippen LogP contribution in [0.5, 0.6) is 0 Å². The van der Waals surface area contributed by atoms with Gasteiger partial charge in [-0.1, -0.05) is 12.1 Å². The number of carboxylic acid groups (broad SMARTS) is 1. The van der Waals surface area contributed by atoms with Gasteiger partial charge in [0, 0.05) is 17.5 Å². The number of aryl methyl sites for hydroxylation is 1. The maximum Gasteiger partial charge on any atom is 0.323 e. The second-order valence-corrected chi connectivity index (χ2v) is 4.59. The summed E-state index contributed by atoms with van der Waals surface area (Å²) in [5.74, 6) is -0.268. The highest BCUT2D eigenvalue weighted by Gasteiger charge is 2.14. The number of carbonyl (C=O) groups is 1. The third kappa shape index (κ3) is 2.14. The number of aromatic nitrogens is 3. The summed E-state index contributed by atoms with van der Waals surface area (Å²) in [5.41, 5.74) is 3.32. The van der Waals surface area contributed by atoms with Gasteiger partial charge in [-0.05, 0) is 31.2 Å². The molecule has 0 aliphatic heterocycles. The molecule has 3 rings (SSSR count). The van der Waals surface area contributed by atoms with Crippen molar-refractivity contribution in [2.45, 2.75) is 13.5 Å². The minimum absolute atomic E-state index is 0.121. The molecular formula is C15H13N3O2. The molecule has 100 valence electrons. The summed E-state index contributed by atoms with van der Waals surface area (Å²) in [5, 5.41) is 9.10. The molecule has 0 radical (unpaired) electrons. The molecule has 0 unspecified atom stereocenters. The highest BCUT2D eigenvalue weighted by Crippen LogP contribution is 2.24. The number of carboxylic acids is 1. The van der Waals surface area contributed by atoms with E-state index in [4.69, 9.17) is 5.11 Å². The molecule has 0 fully saturated rings. The molecule has 0 saturated heterocycles. The summed E-state index contributed by atoms with van der Waals surface area (Å²) >= 11 is 0. The first-order chi connectivity index (χ1) is 9.65. The van der Waals surface area contributed by atoms with E-state index >= 15 is 0 Å². The quantitative estimate of drug-likeness (QED) is 0.791. The summed E-state index contributed by atoms with van der Waals surface area (Å²) in [4.78, 5) is 19.9. The smallest absolute Gasteiger partial charge is 0.323 e. The highest BCUT2D eigenvalue weighted by atomic mass is 16.4. The minimum Gasteiger partial charge on any atom is -0.480 e. The summed E-state index contributed by atoms with van der Waals surface area (Å²) in [6.45, 7) is 1.79. The molecule has 0 amide bonds. The third-order valence-corrected chi connectivity index (χ3v) is 3.12. The number of hydrogen-bond acceptors (Lipinski definition) is 3. The average molecular weight is 267 g/mol. The van der Waals surface area contributed by atoms with Gasteiger partial charge in [0.2, 0.25) is 0 Å². The first-order valence-corrected chi connectivity index (χ1v) is 6.25. The second kappa shape index (κ2) is 4.77. The molecule has 2 aromatic heterocycles. The van der Waals surface area contributed by atoms with Crippen LogP contribution in [0.15, 0.2) is 42.6 Å². The van der Waals surface area contributed by atoms with E-state index in [9.17, 15) is 4.79 Å². The Morgan fingerprint density at radius 3 is 2.75 bits per heavy atom. The lowest BCUT2D eigenvalue weighted by molar-refractivity contribution is -0.137. The lowest BCUT2D eigenvalue weighted by Crippen LogP contribution is -2.10. The van der Waals surface area contributed by atoms with Crippen molar-refractivity contribution in [2.24, 2.45) is 0 Å². The molecule has 0 spiro atoms. The van der Waals surface area contributed by atoms with Crippen molar-refractivity contribution < 1.29 is 9.90 Å². The van der Waals surface area contributed by atoms with Gasteiger partial charge in [-0.25, -0.2) is 4.98 Å². The van der Waals surface area contributed by atoms with Gasteiger partial charge in [-0.15, -0.1) is 0 Å². The fraction of sp³-hybridized carbons (Fsp3) is 0.133. The largest absolute Gasteiger partial charge is 0.480 e. The molecule has 3 aromatic rings. The number of nitrogens with zero attached hydrogens (tertiary/aromatic N) is 3. The van der Waals surface area contributed by atoms with Crippen LogP contribution in [0.4, 0.5) is 0 Å². The maximum absolute atomic E-state index is 11.1. The van der Waals surface area contributed by atoms with E-state index in [-0.39, 0.29) is 6.54 Å². The van der Waals surface area contributed by atoms with Gasteiger partial charge in [0.1, 0.15) is 12.4 Å². The van der Waals surface area contributed by atoms with Crippen LogP contribution in [0.25, 0.3) is 22.4 Å². The first kappa shape index (κ1) is 12.3. The van der Waals surface area contributed by atoms with Crippen molar-refractivity contribution in [1.29, 1.82) is 0 Å². The fourth-order valence-corrected chi connectivity index (χ4v) is 2.19. The van der Waals surface area contributed by atoms with Crippen molar-refractivity contribution in [1.82, 2.24) is 14.5 Å². The average Bonchev–Trinajstić information content (AvgIpc) is 2.78. The normalized spacial score (nSPS) is 10.8. The Morgan fingerprint density at radius 2 is 2.05 bits per heavy atom. The van der Waals surface area contributed by atoms with Crippen LogP contribution in [0.2, 0.25) is 0 Å². The molecule has 1 aromatic carbocycles. The zero-order valence-corrected chi connectivity index (χ0v) is 10.9. The molecule has 5 nitrogen and oxygen atoms in total. The number of rotatable bonds is 3. The van der Waals surface area contributed by atoms with Crippen molar-refractivity contribution in [3.05, 3.63) is 48.3 Å². The van der Waals surface area contributed by atoms with Crippen LogP contribution in [-0.4, -0.2) is 25.6 Å². The van der Waals surface area contributed by atoms with E-state index in [1.807, 2.05) is 43.3 Å². The first-order valence-electron chi connectivity index (χ1n) is 6.25. The second-order valence-electron chi connectivity index (χ2n) is 4.59. The van der Waals surface area contributed by atoms with Crippen LogP contribution in [0.3, 0.4) is 0 Å². The Labute approximate surface area is 115 Å². The summed E-state index contributed by atoms with van der Waals surface area (Å²) < 4.78 is 1.70. The SMILES string of the molecule is Cc1ccc(-c2nc3ccccc3n2CC(=O)O)cn1. The van der Waals surface area contributed by atoms with Crippen LogP contribution < -0.4 is 0 Å². The Hall–Kier alpha value is -2.69. The van der Waals surface area contributed by atoms with Gasteiger partial charge in [-0.2, -0.15) is 0 Å². The molecule has 0 atom stereocenters. The number of hydrogen-bond donors (Lipinski definition) is 1. The van der Waals surface area contributed by atoms with Gasteiger partial charge >= 0.3 is 5.97 Å². The number of imidazole rings is 1. The lowest BCUT2D eigenvalue weighted by Gasteiger charge is -2.06. The van der Waals surface area contributed by atoms with E-state index in [1.165, 1.54) is 0 Å². The minimum atomic E-state index is -0.894. The van der Waals surface area contributed by atoms with Crippen LogP contribution in [0.1, 0.15) is 5.69 Å². The Balaban J connectivity index is 2.23. The molecule has 20 heavy (non-hydrogen) atoms. The molecule has 1 N–H and O–H groups in total. The number of para-hydroxylation sites is 2. The molecule has 0 aliphatic carbocycles. The lowest BCUT2D eigenvalue weighted by atomic mass is 10.2. The van der Waals surface area contributed by atoms with Crippen molar-refractivity contribution >= 4 is 17.0 Å². The van der Waals surface area contributed by atoms with Crippen molar-refractivity contribution in [3.63, 3.8) is 0 Å². The molecule has 5 heteroatoms. The molecule has 0 aliphatic rings. The Kier molecular flexibility index (Phi) is 2.95. The van der Waals surface area contributed by atoms with Gasteiger partial charge in [0.15, 0.2) is 0 Å². The zero-order valence-electron chi connectivity index (χ0n) is 10.9.